The molecule has 6 nitrogen and oxygen atoms in total. The molecular weight excluding hydrogens is 403 g/mol. The molecule has 0 saturated heterocycles. The van der Waals surface area contributed by atoms with Crippen molar-refractivity contribution in [1.82, 2.24) is 25.4 Å². The van der Waals surface area contributed by atoms with Crippen LogP contribution in [0.2, 0.25) is 0 Å². The number of guanidine groups is 1. The molecule has 1 aromatic rings. The minimum absolute atomic E-state index is 0. The highest BCUT2D eigenvalue weighted by Gasteiger charge is 2.34. The summed E-state index contributed by atoms with van der Waals surface area (Å²) in [5.74, 6) is 0.964. The summed E-state index contributed by atoms with van der Waals surface area (Å²) in [6, 6.07) is 0. The van der Waals surface area contributed by atoms with Crippen molar-refractivity contribution in [3.8, 4) is 0 Å². The van der Waals surface area contributed by atoms with Gasteiger partial charge in [0.1, 0.15) is 12.7 Å². The van der Waals surface area contributed by atoms with E-state index in [1.165, 1.54) is 25.7 Å². The molecular formula is C16H31IN6. The second-order valence-electron chi connectivity index (χ2n) is 6.24. The normalized spacial score (nSPS) is 16.3. The minimum Gasteiger partial charge on any atom is -0.357 e. The van der Waals surface area contributed by atoms with E-state index in [2.05, 4.69) is 34.7 Å². The van der Waals surface area contributed by atoms with Gasteiger partial charge in [-0.05, 0) is 44.4 Å². The van der Waals surface area contributed by atoms with Crippen LogP contribution >= 0.6 is 24.0 Å². The zero-order valence-electron chi connectivity index (χ0n) is 14.4. The molecule has 1 saturated carbocycles. The van der Waals surface area contributed by atoms with E-state index in [-0.39, 0.29) is 24.0 Å². The first-order valence-corrected chi connectivity index (χ1v) is 8.62. The Kier molecular flexibility index (Phi) is 9.50. The molecule has 0 aliphatic heterocycles. The lowest BCUT2D eigenvalue weighted by atomic mass is 9.67. The molecule has 0 radical (unpaired) electrons. The predicted molar refractivity (Wildman–Crippen MR) is 105 cm³/mol. The van der Waals surface area contributed by atoms with Gasteiger partial charge in [-0.2, -0.15) is 0 Å². The number of aliphatic imine (C=N–C) groups is 1. The molecule has 1 aliphatic carbocycles. The fraction of sp³-hybridized carbons (Fsp3) is 0.812. The summed E-state index contributed by atoms with van der Waals surface area (Å²) in [6.07, 6.45) is 11.1. The summed E-state index contributed by atoms with van der Waals surface area (Å²) in [7, 11) is 0. The van der Waals surface area contributed by atoms with Gasteiger partial charge in [-0.3, -0.25) is 4.99 Å². The number of aromatic nitrogens is 3. The largest absolute Gasteiger partial charge is 0.357 e. The van der Waals surface area contributed by atoms with Gasteiger partial charge < -0.3 is 15.2 Å². The third kappa shape index (κ3) is 6.64. The SMILES string of the molecule is CCNC(=NCC1(CC)CCC1)NCCCCn1cnnc1.I. The van der Waals surface area contributed by atoms with Gasteiger partial charge in [-0.1, -0.05) is 13.3 Å². The van der Waals surface area contributed by atoms with Crippen LogP contribution in [0, 0.1) is 5.41 Å². The van der Waals surface area contributed by atoms with Gasteiger partial charge in [0.2, 0.25) is 0 Å². The number of halogens is 1. The molecule has 0 atom stereocenters. The molecule has 1 heterocycles. The van der Waals surface area contributed by atoms with Crippen LogP contribution in [-0.4, -0.2) is 40.4 Å². The zero-order valence-corrected chi connectivity index (χ0v) is 16.8. The van der Waals surface area contributed by atoms with E-state index in [0.717, 1.165) is 45.0 Å². The van der Waals surface area contributed by atoms with E-state index in [9.17, 15) is 0 Å². The number of unbranched alkanes of at least 4 members (excludes halogenated alkanes) is 1. The maximum absolute atomic E-state index is 4.80. The van der Waals surface area contributed by atoms with Gasteiger partial charge in [0.25, 0.3) is 0 Å². The molecule has 0 aromatic carbocycles. The Balaban J connectivity index is 0.00000264. The van der Waals surface area contributed by atoms with Crippen LogP contribution in [0.5, 0.6) is 0 Å². The highest BCUT2D eigenvalue weighted by atomic mass is 127. The van der Waals surface area contributed by atoms with Crippen LogP contribution in [-0.2, 0) is 6.54 Å². The maximum atomic E-state index is 4.80. The number of rotatable bonds is 9. The van der Waals surface area contributed by atoms with Crippen molar-refractivity contribution in [2.75, 3.05) is 19.6 Å². The first-order valence-electron chi connectivity index (χ1n) is 8.62. The minimum atomic E-state index is 0. The summed E-state index contributed by atoms with van der Waals surface area (Å²) in [5.41, 5.74) is 0.483. The quantitative estimate of drug-likeness (QED) is 0.272. The van der Waals surface area contributed by atoms with Crippen molar-refractivity contribution in [1.29, 1.82) is 0 Å². The molecule has 2 N–H and O–H groups in total. The average molecular weight is 434 g/mol. The Morgan fingerprint density at radius 2 is 1.91 bits per heavy atom. The second-order valence-corrected chi connectivity index (χ2v) is 6.24. The highest BCUT2D eigenvalue weighted by Crippen LogP contribution is 2.43. The molecule has 0 spiro atoms. The zero-order chi connectivity index (χ0) is 15.7. The molecule has 23 heavy (non-hydrogen) atoms. The lowest BCUT2D eigenvalue weighted by Crippen LogP contribution is -2.40. The summed E-state index contributed by atoms with van der Waals surface area (Å²) in [5, 5.41) is 14.4. The van der Waals surface area contributed by atoms with Gasteiger partial charge in [-0.25, -0.2) is 0 Å². The lowest BCUT2D eigenvalue weighted by molar-refractivity contribution is 0.139. The third-order valence-corrected chi connectivity index (χ3v) is 4.68. The van der Waals surface area contributed by atoms with Gasteiger partial charge in [0.15, 0.2) is 5.96 Å². The van der Waals surface area contributed by atoms with Crippen molar-refractivity contribution in [2.24, 2.45) is 10.4 Å². The molecule has 132 valence electrons. The van der Waals surface area contributed by atoms with Crippen LogP contribution in [0.25, 0.3) is 0 Å². The number of nitrogens with zero attached hydrogens (tertiary/aromatic N) is 4. The first-order chi connectivity index (χ1) is 10.8. The van der Waals surface area contributed by atoms with Crippen LogP contribution in [0.1, 0.15) is 52.4 Å². The fourth-order valence-corrected chi connectivity index (χ4v) is 2.85. The monoisotopic (exact) mass is 434 g/mol. The van der Waals surface area contributed by atoms with E-state index < -0.39 is 0 Å². The van der Waals surface area contributed by atoms with Crippen molar-refractivity contribution in [3.63, 3.8) is 0 Å². The Morgan fingerprint density at radius 3 is 2.48 bits per heavy atom. The summed E-state index contributed by atoms with van der Waals surface area (Å²) in [6.45, 7) is 8.20. The number of hydrogen-bond acceptors (Lipinski definition) is 3. The summed E-state index contributed by atoms with van der Waals surface area (Å²) >= 11 is 0. The van der Waals surface area contributed by atoms with Gasteiger partial charge in [-0.15, -0.1) is 34.2 Å². The van der Waals surface area contributed by atoms with Crippen molar-refractivity contribution in [2.45, 2.75) is 58.9 Å². The Hall–Kier alpha value is -0.860. The Morgan fingerprint density at radius 1 is 1.17 bits per heavy atom. The topological polar surface area (TPSA) is 67.1 Å². The standard InChI is InChI=1S/C16H30N6.HI/c1-3-16(8-7-9-16)12-19-15(17-4-2)18-10-5-6-11-22-13-20-21-14-22;/h13-14H,3-12H2,1-2H3,(H2,17,18,19);1H. The average Bonchev–Trinajstić information content (AvgIpc) is 2.99. The first kappa shape index (κ1) is 20.2. The van der Waals surface area contributed by atoms with E-state index in [1.807, 2.05) is 4.57 Å². The van der Waals surface area contributed by atoms with Crippen molar-refractivity contribution >= 4 is 29.9 Å². The molecule has 1 fully saturated rings. The molecule has 0 unspecified atom stereocenters. The van der Waals surface area contributed by atoms with E-state index in [0.29, 0.717) is 5.41 Å². The predicted octanol–water partition coefficient (Wildman–Crippen LogP) is 2.81. The molecule has 0 amide bonds. The third-order valence-electron chi connectivity index (χ3n) is 4.68. The number of hydrogen-bond donors (Lipinski definition) is 2. The van der Waals surface area contributed by atoms with Gasteiger partial charge in [0.05, 0.1) is 0 Å². The summed E-state index contributed by atoms with van der Waals surface area (Å²) < 4.78 is 2.01. The van der Waals surface area contributed by atoms with Crippen LogP contribution in [0.3, 0.4) is 0 Å². The maximum Gasteiger partial charge on any atom is 0.191 e. The number of aryl methyl sites for hydroxylation is 1. The molecule has 2 rings (SSSR count). The Labute approximate surface area is 157 Å². The smallest absolute Gasteiger partial charge is 0.191 e. The fourth-order valence-electron chi connectivity index (χ4n) is 2.85. The van der Waals surface area contributed by atoms with E-state index in [4.69, 9.17) is 4.99 Å². The number of nitrogens with one attached hydrogen (secondary N) is 2. The Bertz CT molecular complexity index is 436. The van der Waals surface area contributed by atoms with E-state index in [1.54, 1.807) is 12.7 Å². The lowest BCUT2D eigenvalue weighted by Gasteiger charge is -2.40. The highest BCUT2D eigenvalue weighted by molar-refractivity contribution is 14.0. The molecule has 7 heteroatoms. The van der Waals surface area contributed by atoms with E-state index >= 15 is 0 Å². The van der Waals surface area contributed by atoms with Crippen molar-refractivity contribution in [3.05, 3.63) is 12.7 Å². The van der Waals surface area contributed by atoms with Crippen molar-refractivity contribution < 1.29 is 0 Å². The van der Waals surface area contributed by atoms with Crippen LogP contribution in [0.4, 0.5) is 0 Å². The van der Waals surface area contributed by atoms with Crippen LogP contribution < -0.4 is 10.6 Å². The van der Waals surface area contributed by atoms with Gasteiger partial charge in [0, 0.05) is 26.2 Å². The second kappa shape index (κ2) is 10.8. The van der Waals surface area contributed by atoms with Crippen LogP contribution in [0.15, 0.2) is 17.6 Å². The van der Waals surface area contributed by atoms with Gasteiger partial charge >= 0.3 is 0 Å². The molecule has 0 bridgehead atoms. The molecule has 1 aliphatic rings. The summed E-state index contributed by atoms with van der Waals surface area (Å²) in [4.78, 5) is 4.80. The molecule has 1 aromatic heterocycles.